The molecule has 1 saturated heterocycles. The SMILES string of the molecule is COc1ccccc1N1CCN(C(=O)C(O)c2ccccc2Cl)CC1=O. The largest absolute Gasteiger partial charge is 0.495 e. The van der Waals surface area contributed by atoms with E-state index in [2.05, 4.69) is 0 Å². The fourth-order valence-electron chi connectivity index (χ4n) is 2.97. The lowest BCUT2D eigenvalue weighted by atomic mass is 10.1. The predicted molar refractivity (Wildman–Crippen MR) is 98.3 cm³/mol. The first kappa shape index (κ1) is 18.2. The maximum atomic E-state index is 12.6. The van der Waals surface area contributed by atoms with Gasteiger partial charge in [-0.15, -0.1) is 0 Å². The first-order valence-electron chi connectivity index (χ1n) is 8.17. The average Bonchev–Trinajstić information content (AvgIpc) is 2.67. The molecule has 6 nitrogen and oxygen atoms in total. The number of benzene rings is 2. The number of carbonyl (C=O) groups excluding carboxylic acids is 2. The van der Waals surface area contributed by atoms with Crippen molar-refractivity contribution in [3.63, 3.8) is 0 Å². The summed E-state index contributed by atoms with van der Waals surface area (Å²) >= 11 is 6.05. The van der Waals surface area contributed by atoms with Crippen LogP contribution in [-0.4, -0.2) is 48.6 Å². The summed E-state index contributed by atoms with van der Waals surface area (Å²) in [5.41, 5.74) is 0.998. The lowest BCUT2D eigenvalue weighted by molar-refractivity contribution is -0.144. The molecule has 2 aromatic rings. The number of aliphatic hydroxyl groups is 1. The van der Waals surface area contributed by atoms with E-state index >= 15 is 0 Å². The first-order valence-corrected chi connectivity index (χ1v) is 8.55. The van der Waals surface area contributed by atoms with Crippen LogP contribution < -0.4 is 9.64 Å². The minimum Gasteiger partial charge on any atom is -0.495 e. The number of piperazine rings is 1. The van der Waals surface area contributed by atoms with E-state index < -0.39 is 12.0 Å². The molecule has 1 unspecified atom stereocenters. The van der Waals surface area contributed by atoms with Gasteiger partial charge < -0.3 is 19.6 Å². The van der Waals surface area contributed by atoms with E-state index in [4.69, 9.17) is 16.3 Å². The number of halogens is 1. The van der Waals surface area contributed by atoms with E-state index in [1.165, 1.54) is 4.90 Å². The predicted octanol–water partition coefficient (Wildman–Crippen LogP) is 2.26. The number of rotatable bonds is 4. The van der Waals surface area contributed by atoms with Gasteiger partial charge in [0.15, 0.2) is 6.10 Å². The van der Waals surface area contributed by atoms with Gasteiger partial charge in [0.05, 0.1) is 12.8 Å². The summed E-state index contributed by atoms with van der Waals surface area (Å²) in [5.74, 6) is -0.177. The molecule has 136 valence electrons. The number of ether oxygens (including phenoxy) is 1. The molecule has 7 heteroatoms. The van der Waals surface area contributed by atoms with Crippen molar-refractivity contribution in [1.29, 1.82) is 0 Å². The molecular formula is C19H19ClN2O4. The fourth-order valence-corrected chi connectivity index (χ4v) is 3.21. The van der Waals surface area contributed by atoms with Crippen molar-refractivity contribution in [2.45, 2.75) is 6.10 Å². The molecule has 0 radical (unpaired) electrons. The third kappa shape index (κ3) is 3.52. The maximum absolute atomic E-state index is 12.6. The number of carbonyl (C=O) groups is 2. The van der Waals surface area contributed by atoms with Crippen molar-refractivity contribution in [3.05, 3.63) is 59.1 Å². The van der Waals surface area contributed by atoms with Gasteiger partial charge in [-0.2, -0.15) is 0 Å². The molecule has 1 N–H and O–H groups in total. The van der Waals surface area contributed by atoms with Gasteiger partial charge in [0.2, 0.25) is 5.91 Å². The van der Waals surface area contributed by atoms with Crippen LogP contribution in [0, 0.1) is 0 Å². The molecule has 1 aliphatic rings. The van der Waals surface area contributed by atoms with Crippen molar-refractivity contribution in [2.24, 2.45) is 0 Å². The van der Waals surface area contributed by atoms with Crippen LogP contribution in [0.1, 0.15) is 11.7 Å². The molecule has 26 heavy (non-hydrogen) atoms. The van der Waals surface area contributed by atoms with Gasteiger partial charge in [0, 0.05) is 23.7 Å². The monoisotopic (exact) mass is 374 g/mol. The van der Waals surface area contributed by atoms with Crippen LogP contribution in [0.2, 0.25) is 5.02 Å². The Labute approximate surface area is 156 Å². The molecule has 1 heterocycles. The number of anilines is 1. The fraction of sp³-hybridized carbons (Fsp3) is 0.263. The molecule has 0 spiro atoms. The number of para-hydroxylation sites is 2. The number of hydrogen-bond donors (Lipinski definition) is 1. The topological polar surface area (TPSA) is 70.1 Å². The molecule has 1 aliphatic heterocycles. The summed E-state index contributed by atoms with van der Waals surface area (Å²) in [6.45, 7) is 0.517. The lowest BCUT2D eigenvalue weighted by Crippen LogP contribution is -2.53. The highest BCUT2D eigenvalue weighted by molar-refractivity contribution is 6.31. The highest BCUT2D eigenvalue weighted by Gasteiger charge is 2.33. The van der Waals surface area contributed by atoms with Crippen LogP contribution in [0.3, 0.4) is 0 Å². The Kier molecular flexibility index (Phi) is 5.44. The van der Waals surface area contributed by atoms with Crippen LogP contribution in [0.25, 0.3) is 0 Å². The Bertz CT molecular complexity index is 827. The van der Waals surface area contributed by atoms with E-state index in [0.29, 0.717) is 35.1 Å². The molecule has 0 aromatic heterocycles. The highest BCUT2D eigenvalue weighted by atomic mass is 35.5. The number of hydrogen-bond acceptors (Lipinski definition) is 4. The Morgan fingerprint density at radius 2 is 1.85 bits per heavy atom. The Morgan fingerprint density at radius 1 is 1.15 bits per heavy atom. The van der Waals surface area contributed by atoms with Crippen molar-refractivity contribution < 1.29 is 19.4 Å². The molecular weight excluding hydrogens is 356 g/mol. The summed E-state index contributed by atoms with van der Waals surface area (Å²) in [6, 6.07) is 13.8. The number of methoxy groups -OCH3 is 1. The van der Waals surface area contributed by atoms with Gasteiger partial charge >= 0.3 is 0 Å². The van der Waals surface area contributed by atoms with E-state index in [-0.39, 0.29) is 12.5 Å². The van der Waals surface area contributed by atoms with Crippen LogP contribution in [-0.2, 0) is 9.59 Å². The van der Waals surface area contributed by atoms with Crippen LogP contribution in [0.15, 0.2) is 48.5 Å². The molecule has 0 aliphatic carbocycles. The number of nitrogens with zero attached hydrogens (tertiary/aromatic N) is 2. The van der Waals surface area contributed by atoms with Crippen molar-refractivity contribution in [3.8, 4) is 5.75 Å². The Morgan fingerprint density at radius 3 is 2.54 bits per heavy atom. The van der Waals surface area contributed by atoms with Crippen molar-refractivity contribution in [2.75, 3.05) is 31.6 Å². The van der Waals surface area contributed by atoms with Crippen LogP contribution >= 0.6 is 11.6 Å². The standard InChI is InChI=1S/C19H19ClN2O4/c1-26-16-9-5-4-8-15(16)22-11-10-21(12-17(22)23)19(25)18(24)13-6-2-3-7-14(13)20/h2-9,18,24H,10-12H2,1H3. The normalized spacial score (nSPS) is 15.7. The Balaban J connectivity index is 1.73. The second-order valence-corrected chi connectivity index (χ2v) is 6.31. The molecule has 2 aromatic carbocycles. The van der Waals surface area contributed by atoms with E-state index in [1.807, 2.05) is 12.1 Å². The quantitative estimate of drug-likeness (QED) is 0.891. The van der Waals surface area contributed by atoms with E-state index in [1.54, 1.807) is 48.4 Å². The third-order valence-corrected chi connectivity index (χ3v) is 4.69. The zero-order chi connectivity index (χ0) is 18.7. The maximum Gasteiger partial charge on any atom is 0.256 e. The minimum absolute atomic E-state index is 0.113. The van der Waals surface area contributed by atoms with Crippen molar-refractivity contribution >= 4 is 29.1 Å². The Hall–Kier alpha value is -2.57. The van der Waals surface area contributed by atoms with Gasteiger partial charge in [0.25, 0.3) is 5.91 Å². The summed E-state index contributed by atoms with van der Waals surface area (Å²) in [5, 5.41) is 10.7. The number of aliphatic hydroxyl groups excluding tert-OH is 1. The van der Waals surface area contributed by atoms with Gasteiger partial charge in [-0.05, 0) is 18.2 Å². The molecule has 0 bridgehead atoms. The third-order valence-electron chi connectivity index (χ3n) is 4.34. The van der Waals surface area contributed by atoms with Gasteiger partial charge in [-0.1, -0.05) is 41.9 Å². The zero-order valence-electron chi connectivity index (χ0n) is 14.3. The van der Waals surface area contributed by atoms with Crippen molar-refractivity contribution in [1.82, 2.24) is 4.90 Å². The molecule has 1 atom stereocenters. The van der Waals surface area contributed by atoms with Crippen LogP contribution in [0.4, 0.5) is 5.69 Å². The smallest absolute Gasteiger partial charge is 0.256 e. The molecule has 0 saturated carbocycles. The lowest BCUT2D eigenvalue weighted by Gasteiger charge is -2.35. The summed E-state index contributed by atoms with van der Waals surface area (Å²) in [6.07, 6.45) is -1.39. The molecule has 2 amide bonds. The summed E-state index contributed by atoms with van der Waals surface area (Å²) < 4.78 is 5.30. The molecule has 1 fully saturated rings. The average molecular weight is 375 g/mol. The van der Waals surface area contributed by atoms with E-state index in [0.717, 1.165) is 0 Å². The first-order chi connectivity index (χ1) is 12.5. The van der Waals surface area contributed by atoms with Gasteiger partial charge in [0.1, 0.15) is 12.3 Å². The highest BCUT2D eigenvalue weighted by Crippen LogP contribution is 2.30. The summed E-state index contributed by atoms with van der Waals surface area (Å²) in [7, 11) is 1.54. The second kappa shape index (κ2) is 7.76. The number of amides is 2. The zero-order valence-corrected chi connectivity index (χ0v) is 15.0. The van der Waals surface area contributed by atoms with Gasteiger partial charge in [-0.25, -0.2) is 0 Å². The molecule has 3 rings (SSSR count). The van der Waals surface area contributed by atoms with Crippen LogP contribution in [0.5, 0.6) is 5.75 Å². The second-order valence-electron chi connectivity index (χ2n) is 5.90. The van der Waals surface area contributed by atoms with E-state index in [9.17, 15) is 14.7 Å². The summed E-state index contributed by atoms with van der Waals surface area (Å²) in [4.78, 5) is 28.1. The van der Waals surface area contributed by atoms with Gasteiger partial charge in [-0.3, -0.25) is 9.59 Å². The minimum atomic E-state index is -1.39.